The van der Waals surface area contributed by atoms with Gasteiger partial charge in [0, 0.05) is 27.3 Å². The van der Waals surface area contributed by atoms with Crippen LogP contribution in [0, 0.1) is 5.92 Å². The van der Waals surface area contributed by atoms with Gasteiger partial charge in [0.25, 0.3) is 5.91 Å². The van der Waals surface area contributed by atoms with Crippen LogP contribution in [0.1, 0.15) is 27.4 Å². The molecule has 3 aromatic carbocycles. The summed E-state index contributed by atoms with van der Waals surface area (Å²) in [5.74, 6) is -2.70. The Balaban J connectivity index is 1.51. The van der Waals surface area contributed by atoms with Crippen LogP contribution in [-0.2, 0) is 11.0 Å². The van der Waals surface area contributed by atoms with E-state index in [1.165, 1.54) is 36.4 Å². The number of rotatable bonds is 5. The van der Waals surface area contributed by atoms with Crippen molar-refractivity contribution in [3.05, 3.63) is 92.4 Å². The van der Waals surface area contributed by atoms with Crippen molar-refractivity contribution in [1.82, 2.24) is 0 Å². The monoisotopic (exact) mass is 594 g/mol. The zero-order chi connectivity index (χ0) is 26.4. The summed E-state index contributed by atoms with van der Waals surface area (Å²) in [6, 6.07) is 13.0. The lowest BCUT2D eigenvalue weighted by Gasteiger charge is -2.12. The highest BCUT2D eigenvalue weighted by atomic mass is 35.5. The number of carbonyl (C=O) groups excluding carboxylic acids is 2. The van der Waals surface area contributed by atoms with Gasteiger partial charge in [-0.25, -0.2) is 0 Å². The van der Waals surface area contributed by atoms with E-state index in [4.69, 9.17) is 58.0 Å². The second-order valence-corrected chi connectivity index (χ2v) is 10.8. The second-order valence-electron chi connectivity index (χ2n) is 8.05. The highest BCUT2D eigenvalue weighted by molar-refractivity contribution is 6.53. The smallest absolute Gasteiger partial charge is 0.326 e. The molecule has 4 rings (SSSR count). The molecule has 4 nitrogen and oxygen atoms in total. The SMILES string of the molecule is O=C(Nc1cccc(C(F)(F)F)c1)c1cc(NC(=O)C2C(c3cc(Cl)cc(Cl)c3)C2(Cl)Cl)ccc1Cl. The fraction of sp³-hybridized carbons (Fsp3) is 0.167. The summed E-state index contributed by atoms with van der Waals surface area (Å²) < 4.78 is 37.5. The summed E-state index contributed by atoms with van der Waals surface area (Å²) in [7, 11) is 0. The Labute approximate surface area is 228 Å². The van der Waals surface area contributed by atoms with Gasteiger partial charge in [-0.05, 0) is 60.2 Å². The third kappa shape index (κ3) is 5.71. The summed E-state index contributed by atoms with van der Waals surface area (Å²) >= 11 is 31.0. The summed E-state index contributed by atoms with van der Waals surface area (Å²) in [5, 5.41) is 5.77. The minimum Gasteiger partial charge on any atom is -0.326 e. The number of nitrogens with one attached hydrogen (secondary N) is 2. The third-order valence-electron chi connectivity index (χ3n) is 5.51. The first-order valence-corrected chi connectivity index (χ1v) is 12.1. The average Bonchev–Trinajstić information content (AvgIpc) is 3.36. The molecule has 0 bridgehead atoms. The van der Waals surface area contributed by atoms with E-state index in [-0.39, 0.29) is 22.0 Å². The van der Waals surface area contributed by atoms with Crippen molar-refractivity contribution in [2.45, 2.75) is 16.4 Å². The minimum absolute atomic E-state index is 0.0272. The largest absolute Gasteiger partial charge is 0.416 e. The number of alkyl halides is 5. The Bertz CT molecular complexity index is 1340. The molecule has 12 heteroatoms. The van der Waals surface area contributed by atoms with Gasteiger partial charge in [-0.3, -0.25) is 9.59 Å². The molecule has 2 amide bonds. The van der Waals surface area contributed by atoms with E-state index in [9.17, 15) is 22.8 Å². The lowest BCUT2D eigenvalue weighted by atomic mass is 10.1. The van der Waals surface area contributed by atoms with Crippen LogP contribution in [0.4, 0.5) is 24.5 Å². The molecular weight excluding hydrogens is 583 g/mol. The van der Waals surface area contributed by atoms with Crippen LogP contribution < -0.4 is 10.6 Å². The van der Waals surface area contributed by atoms with E-state index in [0.717, 1.165) is 12.1 Å². The zero-order valence-electron chi connectivity index (χ0n) is 17.8. The highest BCUT2D eigenvalue weighted by Gasteiger charge is 2.67. The van der Waals surface area contributed by atoms with Crippen LogP contribution in [0.15, 0.2) is 60.7 Å². The zero-order valence-corrected chi connectivity index (χ0v) is 21.5. The number of carbonyl (C=O) groups is 2. The number of amides is 2. The number of hydrogen-bond acceptors (Lipinski definition) is 2. The van der Waals surface area contributed by atoms with E-state index >= 15 is 0 Å². The lowest BCUT2D eigenvalue weighted by Crippen LogP contribution is -2.18. The van der Waals surface area contributed by atoms with Gasteiger partial charge < -0.3 is 10.6 Å². The van der Waals surface area contributed by atoms with Crippen molar-refractivity contribution in [2.75, 3.05) is 10.6 Å². The van der Waals surface area contributed by atoms with Crippen molar-refractivity contribution < 1.29 is 22.8 Å². The third-order valence-corrected chi connectivity index (χ3v) is 7.21. The number of benzene rings is 3. The lowest BCUT2D eigenvalue weighted by molar-refractivity contribution is -0.137. The molecule has 2 atom stereocenters. The standard InChI is InChI=1S/C24H14Cl5F3N2O2/c25-13-6-11(7-14(26)9-13)19-20(23(19,28)29)22(36)34-16-4-5-18(27)17(10-16)21(35)33-15-3-1-2-12(8-15)24(30,31)32/h1-10,19-20H,(H,33,35)(H,34,36). The quantitative estimate of drug-likeness (QED) is 0.291. The molecule has 0 radical (unpaired) electrons. The molecule has 0 aliphatic heterocycles. The van der Waals surface area contributed by atoms with E-state index in [1.807, 2.05) is 0 Å². The fourth-order valence-electron chi connectivity index (χ4n) is 3.79. The van der Waals surface area contributed by atoms with Crippen LogP contribution in [0.2, 0.25) is 15.1 Å². The van der Waals surface area contributed by atoms with Crippen molar-refractivity contribution in [1.29, 1.82) is 0 Å². The van der Waals surface area contributed by atoms with Crippen molar-refractivity contribution >= 4 is 81.2 Å². The van der Waals surface area contributed by atoms with Gasteiger partial charge in [-0.2, -0.15) is 13.2 Å². The normalized spacial score (nSPS) is 18.4. The van der Waals surface area contributed by atoms with Crippen molar-refractivity contribution in [2.24, 2.45) is 5.92 Å². The Morgan fingerprint density at radius 1 is 0.833 bits per heavy atom. The average molecular weight is 597 g/mol. The molecule has 1 saturated carbocycles. The molecular formula is C24H14Cl5F3N2O2. The highest BCUT2D eigenvalue weighted by Crippen LogP contribution is 2.65. The topological polar surface area (TPSA) is 58.2 Å². The van der Waals surface area contributed by atoms with Crippen LogP contribution >= 0.6 is 58.0 Å². The van der Waals surface area contributed by atoms with E-state index in [0.29, 0.717) is 15.6 Å². The van der Waals surface area contributed by atoms with Crippen LogP contribution in [0.25, 0.3) is 0 Å². The Hall–Kier alpha value is -2.16. The van der Waals surface area contributed by atoms with E-state index in [1.54, 1.807) is 12.1 Å². The second kappa shape index (κ2) is 9.95. The molecule has 0 heterocycles. The molecule has 2 N–H and O–H groups in total. The molecule has 2 unspecified atom stereocenters. The Kier molecular flexibility index (Phi) is 7.43. The predicted octanol–water partition coefficient (Wildman–Crippen LogP) is 8.44. The molecule has 0 aromatic heterocycles. The Morgan fingerprint density at radius 3 is 2.11 bits per heavy atom. The van der Waals surface area contributed by atoms with Crippen LogP contribution in [-0.4, -0.2) is 16.1 Å². The number of hydrogen-bond donors (Lipinski definition) is 2. The van der Waals surface area contributed by atoms with Crippen LogP contribution in [0.3, 0.4) is 0 Å². The van der Waals surface area contributed by atoms with Crippen molar-refractivity contribution in [3.8, 4) is 0 Å². The van der Waals surface area contributed by atoms with Crippen molar-refractivity contribution in [3.63, 3.8) is 0 Å². The molecule has 36 heavy (non-hydrogen) atoms. The van der Waals surface area contributed by atoms with Crippen LogP contribution in [0.5, 0.6) is 0 Å². The molecule has 188 valence electrons. The maximum absolute atomic E-state index is 13.0. The molecule has 1 aliphatic carbocycles. The van der Waals surface area contributed by atoms with E-state index in [2.05, 4.69) is 10.6 Å². The Morgan fingerprint density at radius 2 is 1.47 bits per heavy atom. The maximum atomic E-state index is 13.0. The molecule has 1 aliphatic rings. The van der Waals surface area contributed by atoms with Gasteiger partial charge in [0.05, 0.1) is 22.1 Å². The fourth-order valence-corrected chi connectivity index (χ4v) is 5.37. The maximum Gasteiger partial charge on any atom is 0.416 e. The van der Waals surface area contributed by atoms with E-state index < -0.39 is 39.7 Å². The van der Waals surface area contributed by atoms with Gasteiger partial charge in [-0.15, -0.1) is 23.2 Å². The van der Waals surface area contributed by atoms with Gasteiger partial charge >= 0.3 is 6.18 Å². The van der Waals surface area contributed by atoms with Gasteiger partial charge in [0.15, 0.2) is 0 Å². The molecule has 0 spiro atoms. The summed E-state index contributed by atoms with van der Waals surface area (Å²) in [4.78, 5) is 25.7. The molecule has 3 aromatic rings. The summed E-state index contributed by atoms with van der Waals surface area (Å²) in [6.45, 7) is 0. The molecule has 1 fully saturated rings. The van der Waals surface area contributed by atoms with Gasteiger partial charge in [0.1, 0.15) is 4.33 Å². The van der Waals surface area contributed by atoms with Gasteiger partial charge in [-0.1, -0.05) is 40.9 Å². The molecule has 0 saturated heterocycles. The number of halogens is 8. The summed E-state index contributed by atoms with van der Waals surface area (Å²) in [5.41, 5.74) is -0.260. The summed E-state index contributed by atoms with van der Waals surface area (Å²) in [6.07, 6.45) is -4.57. The first-order chi connectivity index (χ1) is 16.8. The first kappa shape index (κ1) is 26.9. The predicted molar refractivity (Wildman–Crippen MR) is 137 cm³/mol. The van der Waals surface area contributed by atoms with Gasteiger partial charge in [0.2, 0.25) is 5.91 Å². The minimum atomic E-state index is -4.57. The first-order valence-electron chi connectivity index (χ1n) is 10.2. The number of anilines is 2.